The van der Waals surface area contributed by atoms with E-state index in [-0.39, 0.29) is 24.8 Å². The van der Waals surface area contributed by atoms with Crippen molar-refractivity contribution in [2.45, 2.75) is 20.3 Å². The van der Waals surface area contributed by atoms with Crippen LogP contribution in [0.2, 0.25) is 0 Å². The van der Waals surface area contributed by atoms with Gasteiger partial charge in [-0.2, -0.15) is 0 Å². The number of rotatable bonds is 5. The number of benzene rings is 1. The molecule has 0 spiro atoms. The van der Waals surface area contributed by atoms with Gasteiger partial charge in [0.1, 0.15) is 5.41 Å². The largest absolute Gasteiger partial charge is 0.481 e. The van der Waals surface area contributed by atoms with E-state index in [1.54, 1.807) is 11.6 Å². The summed E-state index contributed by atoms with van der Waals surface area (Å²) in [7, 11) is 1.46. The molecule has 1 N–H and O–H groups in total. The number of hydrogen-bond acceptors (Lipinski definition) is 5. The van der Waals surface area contributed by atoms with E-state index >= 15 is 0 Å². The van der Waals surface area contributed by atoms with Gasteiger partial charge in [0.25, 0.3) is 5.91 Å². The quantitative estimate of drug-likeness (QED) is 0.869. The van der Waals surface area contributed by atoms with Crippen LogP contribution in [-0.2, 0) is 9.53 Å². The molecule has 8 nitrogen and oxygen atoms in total. The number of carbonyl (C=O) groups is 2. The average molecular weight is 358 g/mol. The van der Waals surface area contributed by atoms with Gasteiger partial charge in [0.15, 0.2) is 5.69 Å². The van der Waals surface area contributed by atoms with Crippen LogP contribution in [0.3, 0.4) is 0 Å². The summed E-state index contributed by atoms with van der Waals surface area (Å²) in [6, 6.07) is 7.75. The number of nitrogens with zero attached hydrogens (tertiary/aromatic N) is 4. The van der Waals surface area contributed by atoms with Gasteiger partial charge in [-0.15, -0.1) is 5.10 Å². The zero-order valence-electron chi connectivity index (χ0n) is 15.1. The van der Waals surface area contributed by atoms with Crippen molar-refractivity contribution in [1.29, 1.82) is 0 Å². The summed E-state index contributed by atoms with van der Waals surface area (Å²) in [6.45, 7) is 4.30. The number of hydrogen-bond donors (Lipinski definition) is 1. The van der Waals surface area contributed by atoms with E-state index in [2.05, 4.69) is 10.3 Å². The SMILES string of the molecule is COCC1(C(=O)O)CCN(C(=O)c2nnn(-c3ccc(C)cc3)c2C)C1. The van der Waals surface area contributed by atoms with Crippen LogP contribution >= 0.6 is 0 Å². The average Bonchev–Trinajstić information content (AvgIpc) is 3.21. The number of methoxy groups -OCH3 is 1. The number of amides is 1. The van der Waals surface area contributed by atoms with Crippen LogP contribution in [-0.4, -0.2) is 63.7 Å². The van der Waals surface area contributed by atoms with E-state index in [0.717, 1.165) is 11.3 Å². The number of carbonyl (C=O) groups excluding carboxylic acids is 1. The van der Waals surface area contributed by atoms with Crippen LogP contribution in [0.5, 0.6) is 0 Å². The Morgan fingerprint density at radius 1 is 1.27 bits per heavy atom. The van der Waals surface area contributed by atoms with Crippen molar-refractivity contribution in [3.63, 3.8) is 0 Å². The number of carboxylic acid groups (broad SMARTS) is 1. The molecule has 1 aromatic heterocycles. The highest BCUT2D eigenvalue weighted by atomic mass is 16.5. The molecule has 26 heavy (non-hydrogen) atoms. The van der Waals surface area contributed by atoms with E-state index < -0.39 is 11.4 Å². The minimum Gasteiger partial charge on any atom is -0.481 e. The van der Waals surface area contributed by atoms with Crippen molar-refractivity contribution < 1.29 is 19.4 Å². The first kappa shape index (κ1) is 18.1. The van der Waals surface area contributed by atoms with E-state index in [1.165, 1.54) is 12.0 Å². The van der Waals surface area contributed by atoms with Crippen molar-refractivity contribution >= 4 is 11.9 Å². The highest BCUT2D eigenvalue weighted by Crippen LogP contribution is 2.32. The van der Waals surface area contributed by atoms with E-state index in [9.17, 15) is 14.7 Å². The number of carboxylic acids is 1. The molecule has 0 saturated carbocycles. The van der Waals surface area contributed by atoms with Gasteiger partial charge in [-0.05, 0) is 32.4 Å². The number of aliphatic carboxylic acids is 1. The fourth-order valence-corrected chi connectivity index (χ4v) is 3.28. The predicted octanol–water partition coefficient (Wildman–Crippen LogP) is 1.45. The summed E-state index contributed by atoms with van der Waals surface area (Å²) in [4.78, 5) is 26.0. The van der Waals surface area contributed by atoms with Crippen LogP contribution < -0.4 is 0 Å². The van der Waals surface area contributed by atoms with Gasteiger partial charge in [-0.1, -0.05) is 22.9 Å². The monoisotopic (exact) mass is 358 g/mol. The Bertz CT molecular complexity index is 830. The zero-order valence-corrected chi connectivity index (χ0v) is 15.1. The van der Waals surface area contributed by atoms with Gasteiger partial charge in [-0.3, -0.25) is 9.59 Å². The molecule has 1 fully saturated rings. The number of ether oxygens (including phenoxy) is 1. The minimum atomic E-state index is -1.06. The molecule has 1 aliphatic rings. The maximum absolute atomic E-state index is 12.9. The fraction of sp³-hybridized carbons (Fsp3) is 0.444. The molecule has 0 aliphatic carbocycles. The Balaban J connectivity index is 1.83. The van der Waals surface area contributed by atoms with Gasteiger partial charge in [-0.25, -0.2) is 4.68 Å². The van der Waals surface area contributed by atoms with Crippen molar-refractivity contribution in [2.24, 2.45) is 5.41 Å². The zero-order chi connectivity index (χ0) is 18.9. The number of likely N-dealkylation sites (tertiary alicyclic amines) is 1. The Labute approximate surface area is 151 Å². The normalized spacial score (nSPS) is 19.7. The second kappa shape index (κ2) is 6.87. The molecule has 3 rings (SSSR count). The van der Waals surface area contributed by atoms with Crippen LogP contribution in [0.15, 0.2) is 24.3 Å². The Kier molecular flexibility index (Phi) is 4.78. The molecule has 2 heterocycles. The summed E-state index contributed by atoms with van der Waals surface area (Å²) < 4.78 is 6.68. The second-order valence-corrected chi connectivity index (χ2v) is 6.77. The third kappa shape index (κ3) is 3.08. The van der Waals surface area contributed by atoms with Crippen molar-refractivity contribution in [3.05, 3.63) is 41.2 Å². The van der Waals surface area contributed by atoms with Gasteiger partial charge in [0, 0.05) is 20.2 Å². The standard InChI is InChI=1S/C18H22N4O4/c1-12-4-6-14(7-5-12)22-13(2)15(19-20-22)16(23)21-9-8-18(10-21,11-26-3)17(24)25/h4-7H,8-11H2,1-3H3,(H,24,25). The molecule has 0 radical (unpaired) electrons. The van der Waals surface area contributed by atoms with E-state index in [4.69, 9.17) is 4.74 Å². The lowest BCUT2D eigenvalue weighted by molar-refractivity contribution is -0.151. The Morgan fingerprint density at radius 3 is 2.58 bits per heavy atom. The highest BCUT2D eigenvalue weighted by molar-refractivity contribution is 5.94. The lowest BCUT2D eigenvalue weighted by Gasteiger charge is -2.23. The molecule has 0 bridgehead atoms. The molecule has 1 aliphatic heterocycles. The molecule has 1 amide bonds. The van der Waals surface area contributed by atoms with Crippen molar-refractivity contribution in [1.82, 2.24) is 19.9 Å². The molecule has 1 atom stereocenters. The topological polar surface area (TPSA) is 97.6 Å². The summed E-state index contributed by atoms with van der Waals surface area (Å²) in [5.74, 6) is -1.25. The van der Waals surface area contributed by atoms with Gasteiger partial charge >= 0.3 is 5.97 Å². The molecular weight excluding hydrogens is 336 g/mol. The van der Waals surface area contributed by atoms with Crippen LogP contribution in [0.1, 0.15) is 28.2 Å². The highest BCUT2D eigenvalue weighted by Gasteiger charge is 2.47. The van der Waals surface area contributed by atoms with Crippen LogP contribution in [0, 0.1) is 19.3 Å². The van der Waals surface area contributed by atoms with Crippen molar-refractivity contribution in [3.8, 4) is 5.69 Å². The van der Waals surface area contributed by atoms with E-state index in [1.807, 2.05) is 31.2 Å². The fourth-order valence-electron chi connectivity index (χ4n) is 3.28. The van der Waals surface area contributed by atoms with Crippen LogP contribution in [0.25, 0.3) is 5.69 Å². The molecule has 1 unspecified atom stereocenters. The second-order valence-electron chi connectivity index (χ2n) is 6.77. The smallest absolute Gasteiger partial charge is 0.313 e. The lowest BCUT2D eigenvalue weighted by Crippen LogP contribution is -2.40. The third-order valence-electron chi connectivity index (χ3n) is 4.89. The summed E-state index contributed by atoms with van der Waals surface area (Å²) in [5, 5.41) is 17.7. The first-order valence-corrected chi connectivity index (χ1v) is 8.39. The summed E-state index contributed by atoms with van der Waals surface area (Å²) in [5.41, 5.74) is 1.75. The maximum atomic E-state index is 12.9. The molecule has 1 aromatic carbocycles. The van der Waals surface area contributed by atoms with Gasteiger partial charge in [0.05, 0.1) is 18.0 Å². The molecule has 8 heteroatoms. The maximum Gasteiger partial charge on any atom is 0.313 e. The number of aromatic nitrogens is 3. The van der Waals surface area contributed by atoms with Gasteiger partial charge < -0.3 is 14.7 Å². The molecule has 138 valence electrons. The predicted molar refractivity (Wildman–Crippen MR) is 93.3 cm³/mol. The Hall–Kier alpha value is -2.74. The minimum absolute atomic E-state index is 0.0706. The van der Waals surface area contributed by atoms with Crippen molar-refractivity contribution in [2.75, 3.05) is 26.8 Å². The van der Waals surface area contributed by atoms with Gasteiger partial charge in [0.2, 0.25) is 0 Å². The first-order chi connectivity index (χ1) is 12.4. The Morgan fingerprint density at radius 2 is 1.96 bits per heavy atom. The van der Waals surface area contributed by atoms with Crippen LogP contribution in [0.4, 0.5) is 0 Å². The number of aryl methyl sites for hydroxylation is 1. The molecule has 2 aromatic rings. The first-order valence-electron chi connectivity index (χ1n) is 8.39. The van der Waals surface area contributed by atoms with E-state index in [0.29, 0.717) is 18.7 Å². The summed E-state index contributed by atoms with van der Waals surface area (Å²) >= 11 is 0. The lowest BCUT2D eigenvalue weighted by atomic mass is 9.88. The molecular formula is C18H22N4O4. The molecule has 1 saturated heterocycles. The third-order valence-corrected chi connectivity index (χ3v) is 4.89. The summed E-state index contributed by atoms with van der Waals surface area (Å²) in [6.07, 6.45) is 0.354.